The molecule has 2 atom stereocenters. The summed E-state index contributed by atoms with van der Waals surface area (Å²) in [4.78, 5) is 0. The number of benzene rings is 1. The summed E-state index contributed by atoms with van der Waals surface area (Å²) < 4.78 is 5.55. The lowest BCUT2D eigenvalue weighted by Crippen LogP contribution is -2.26. The molecule has 0 aliphatic heterocycles. The molecule has 0 saturated heterocycles. The fourth-order valence-electron chi connectivity index (χ4n) is 2.86. The van der Waals surface area contributed by atoms with E-state index < -0.39 is 0 Å². The number of nitrogens with two attached hydrogens (primary N) is 1. The monoisotopic (exact) mass is 262 g/mol. The van der Waals surface area contributed by atoms with E-state index in [4.69, 9.17) is 10.5 Å². The van der Waals surface area contributed by atoms with Crippen LogP contribution in [-0.2, 0) is 0 Å². The van der Waals surface area contributed by atoms with Crippen LogP contribution in [0.3, 0.4) is 0 Å². The molecule has 0 bridgehead atoms. The quantitative estimate of drug-likeness (QED) is 0.635. The fraction of sp³-hybridized carbons (Fsp3) is 0.625. The Bertz CT molecular complexity index is 406. The molecule has 1 aliphatic carbocycles. The molecule has 2 unspecified atom stereocenters. The van der Waals surface area contributed by atoms with Crippen molar-refractivity contribution in [2.45, 2.75) is 52.0 Å². The predicted molar refractivity (Wildman–Crippen MR) is 81.7 cm³/mol. The molecule has 1 aromatic rings. The number of rotatable bonds is 4. The second kappa shape index (κ2) is 6.69. The lowest BCUT2D eigenvalue weighted by molar-refractivity contribution is 0.342. The third kappa shape index (κ3) is 3.55. The van der Waals surface area contributed by atoms with Crippen LogP contribution in [0.4, 0.5) is 11.4 Å². The number of anilines is 2. The molecule has 0 radical (unpaired) electrons. The molecule has 3 N–H and O–H groups in total. The van der Waals surface area contributed by atoms with Gasteiger partial charge in [0.05, 0.1) is 18.0 Å². The largest absolute Gasteiger partial charge is 0.492 e. The standard InChI is InChI=1S/C16H26N2O/c1-3-19-15-11-7-10-14(16(15)17)18-13-9-6-4-5-8-12(13)2/h7,10-13,18H,3-6,8-9,17H2,1-2H3. The Hall–Kier alpha value is -1.38. The molecule has 1 aliphatic rings. The first-order valence-electron chi connectivity index (χ1n) is 7.50. The molecular weight excluding hydrogens is 236 g/mol. The van der Waals surface area contributed by atoms with E-state index in [1.807, 2.05) is 19.1 Å². The maximum absolute atomic E-state index is 6.18. The van der Waals surface area contributed by atoms with E-state index in [1.54, 1.807) is 0 Å². The van der Waals surface area contributed by atoms with Gasteiger partial charge in [0.1, 0.15) is 5.75 Å². The van der Waals surface area contributed by atoms with Gasteiger partial charge in [-0.1, -0.05) is 32.3 Å². The maximum Gasteiger partial charge on any atom is 0.144 e. The molecule has 1 fully saturated rings. The number of ether oxygens (including phenoxy) is 1. The average Bonchev–Trinajstić information content (AvgIpc) is 2.60. The van der Waals surface area contributed by atoms with Crippen LogP contribution in [0.15, 0.2) is 18.2 Å². The molecule has 0 spiro atoms. The van der Waals surface area contributed by atoms with Crippen LogP contribution in [-0.4, -0.2) is 12.6 Å². The first-order valence-corrected chi connectivity index (χ1v) is 7.50. The Labute approximate surface area is 116 Å². The summed E-state index contributed by atoms with van der Waals surface area (Å²) in [6, 6.07) is 6.52. The molecule has 3 nitrogen and oxygen atoms in total. The molecule has 0 heterocycles. The molecule has 19 heavy (non-hydrogen) atoms. The smallest absolute Gasteiger partial charge is 0.144 e. The van der Waals surface area contributed by atoms with Gasteiger partial charge in [0.2, 0.25) is 0 Å². The Morgan fingerprint density at radius 1 is 1.26 bits per heavy atom. The highest BCUT2D eigenvalue weighted by Crippen LogP contribution is 2.32. The number of nitrogen functional groups attached to an aromatic ring is 1. The SMILES string of the molecule is CCOc1cccc(NC2CCCCCC2C)c1N. The van der Waals surface area contributed by atoms with Gasteiger partial charge in [-0.3, -0.25) is 0 Å². The van der Waals surface area contributed by atoms with E-state index >= 15 is 0 Å². The summed E-state index contributed by atoms with van der Waals surface area (Å²) in [5, 5.41) is 3.63. The summed E-state index contributed by atoms with van der Waals surface area (Å²) in [7, 11) is 0. The van der Waals surface area contributed by atoms with E-state index in [-0.39, 0.29) is 0 Å². The van der Waals surface area contributed by atoms with Crippen molar-refractivity contribution in [3.05, 3.63) is 18.2 Å². The molecule has 1 aromatic carbocycles. The van der Waals surface area contributed by atoms with Gasteiger partial charge in [0, 0.05) is 6.04 Å². The lowest BCUT2D eigenvalue weighted by Gasteiger charge is -2.25. The van der Waals surface area contributed by atoms with Gasteiger partial charge >= 0.3 is 0 Å². The van der Waals surface area contributed by atoms with Gasteiger partial charge in [-0.15, -0.1) is 0 Å². The highest BCUT2D eigenvalue weighted by atomic mass is 16.5. The summed E-state index contributed by atoms with van der Waals surface area (Å²) in [6.45, 7) is 4.96. The summed E-state index contributed by atoms with van der Waals surface area (Å²) in [5.41, 5.74) is 7.94. The van der Waals surface area contributed by atoms with E-state index in [1.165, 1.54) is 32.1 Å². The minimum absolute atomic E-state index is 0.529. The van der Waals surface area contributed by atoms with Gasteiger partial charge in [-0.05, 0) is 37.8 Å². The number of para-hydroxylation sites is 1. The molecule has 0 amide bonds. The first kappa shape index (κ1) is 14.0. The minimum Gasteiger partial charge on any atom is -0.492 e. The van der Waals surface area contributed by atoms with Crippen molar-refractivity contribution in [3.63, 3.8) is 0 Å². The third-order valence-electron chi connectivity index (χ3n) is 4.07. The van der Waals surface area contributed by atoms with Gasteiger partial charge in [-0.2, -0.15) is 0 Å². The zero-order valence-corrected chi connectivity index (χ0v) is 12.1. The zero-order valence-electron chi connectivity index (χ0n) is 12.1. The molecule has 0 aromatic heterocycles. The minimum atomic E-state index is 0.529. The number of hydrogen-bond donors (Lipinski definition) is 2. The summed E-state index contributed by atoms with van der Waals surface area (Å²) in [6.07, 6.45) is 6.57. The molecule has 3 heteroatoms. The van der Waals surface area contributed by atoms with E-state index in [0.717, 1.165) is 17.1 Å². The average molecular weight is 262 g/mol. The Morgan fingerprint density at radius 2 is 2.05 bits per heavy atom. The predicted octanol–water partition coefficient (Wildman–Crippen LogP) is 4.05. The van der Waals surface area contributed by atoms with Gasteiger partial charge in [-0.25, -0.2) is 0 Å². The van der Waals surface area contributed by atoms with E-state index in [0.29, 0.717) is 18.6 Å². The second-order valence-electron chi connectivity index (χ2n) is 5.52. The summed E-state index contributed by atoms with van der Waals surface area (Å²) >= 11 is 0. The fourth-order valence-corrected chi connectivity index (χ4v) is 2.86. The van der Waals surface area contributed by atoms with Crippen molar-refractivity contribution in [1.29, 1.82) is 0 Å². The third-order valence-corrected chi connectivity index (χ3v) is 4.07. The zero-order chi connectivity index (χ0) is 13.7. The maximum atomic E-state index is 6.18. The van der Waals surface area contributed by atoms with E-state index in [2.05, 4.69) is 18.3 Å². The molecular formula is C16H26N2O. The lowest BCUT2D eigenvalue weighted by atomic mass is 9.96. The first-order chi connectivity index (χ1) is 9.22. The normalized spacial score (nSPS) is 23.7. The van der Waals surface area contributed by atoms with Gasteiger partial charge < -0.3 is 15.8 Å². The Balaban J connectivity index is 2.11. The number of hydrogen-bond acceptors (Lipinski definition) is 3. The van der Waals surface area contributed by atoms with Crippen LogP contribution in [0, 0.1) is 5.92 Å². The molecule has 1 saturated carbocycles. The van der Waals surface area contributed by atoms with Crippen LogP contribution >= 0.6 is 0 Å². The van der Waals surface area contributed by atoms with Crippen molar-refractivity contribution in [2.24, 2.45) is 5.92 Å². The van der Waals surface area contributed by atoms with Crippen LogP contribution in [0.25, 0.3) is 0 Å². The highest BCUT2D eigenvalue weighted by Gasteiger charge is 2.20. The number of nitrogens with one attached hydrogen (secondary N) is 1. The van der Waals surface area contributed by atoms with Crippen LogP contribution < -0.4 is 15.8 Å². The highest BCUT2D eigenvalue weighted by molar-refractivity contribution is 5.73. The Morgan fingerprint density at radius 3 is 2.84 bits per heavy atom. The second-order valence-corrected chi connectivity index (χ2v) is 5.52. The molecule has 2 rings (SSSR count). The van der Waals surface area contributed by atoms with Crippen molar-refractivity contribution < 1.29 is 4.74 Å². The van der Waals surface area contributed by atoms with Crippen LogP contribution in [0.5, 0.6) is 5.75 Å². The van der Waals surface area contributed by atoms with Crippen molar-refractivity contribution in [2.75, 3.05) is 17.7 Å². The van der Waals surface area contributed by atoms with Gasteiger partial charge in [0.15, 0.2) is 0 Å². The van der Waals surface area contributed by atoms with Crippen molar-refractivity contribution >= 4 is 11.4 Å². The Kier molecular flexibility index (Phi) is 4.94. The van der Waals surface area contributed by atoms with Crippen LogP contribution in [0.2, 0.25) is 0 Å². The van der Waals surface area contributed by atoms with Gasteiger partial charge in [0.25, 0.3) is 0 Å². The van der Waals surface area contributed by atoms with Crippen molar-refractivity contribution in [3.8, 4) is 5.75 Å². The molecule has 106 valence electrons. The topological polar surface area (TPSA) is 47.3 Å². The van der Waals surface area contributed by atoms with Crippen LogP contribution in [0.1, 0.15) is 46.0 Å². The van der Waals surface area contributed by atoms with E-state index in [9.17, 15) is 0 Å². The summed E-state index contributed by atoms with van der Waals surface area (Å²) in [5.74, 6) is 1.49. The van der Waals surface area contributed by atoms with Crippen molar-refractivity contribution in [1.82, 2.24) is 0 Å².